The molecule has 0 bridgehead atoms. The zero-order valence-corrected chi connectivity index (χ0v) is 12.4. The van der Waals surface area contributed by atoms with Crippen molar-refractivity contribution in [3.63, 3.8) is 0 Å². The molecule has 0 spiro atoms. The van der Waals surface area contributed by atoms with Crippen LogP contribution < -0.4 is 9.47 Å². The lowest BCUT2D eigenvalue weighted by molar-refractivity contribution is 0.0847. The summed E-state index contributed by atoms with van der Waals surface area (Å²) in [5.41, 5.74) is 1.30. The molecule has 18 heavy (non-hydrogen) atoms. The van der Waals surface area contributed by atoms with Gasteiger partial charge in [-0.25, -0.2) is 0 Å². The van der Waals surface area contributed by atoms with Crippen LogP contribution in [0.2, 0.25) is 0 Å². The van der Waals surface area contributed by atoms with Crippen LogP contribution in [-0.4, -0.2) is 38.3 Å². The summed E-state index contributed by atoms with van der Waals surface area (Å²) in [6.45, 7) is 1.94. The van der Waals surface area contributed by atoms with Gasteiger partial charge in [-0.05, 0) is 48.4 Å². The molecule has 1 fully saturated rings. The Bertz CT molecular complexity index is 463. The van der Waals surface area contributed by atoms with Gasteiger partial charge >= 0.3 is 0 Å². The quantitative estimate of drug-likeness (QED) is 0.796. The Labute approximate surface area is 116 Å². The van der Waals surface area contributed by atoms with Crippen LogP contribution in [0.5, 0.6) is 11.5 Å². The Morgan fingerprint density at radius 1 is 1.44 bits per heavy atom. The van der Waals surface area contributed by atoms with Crippen LogP contribution in [0, 0.1) is 0 Å². The van der Waals surface area contributed by atoms with E-state index in [0.29, 0.717) is 12.0 Å². The molecular weight excluding hydrogens is 294 g/mol. The normalized spacial score (nSPS) is 27.1. The highest BCUT2D eigenvalue weighted by molar-refractivity contribution is 9.10. The van der Waals surface area contributed by atoms with Crippen LogP contribution >= 0.6 is 15.9 Å². The van der Waals surface area contributed by atoms with Crippen LogP contribution in [0.15, 0.2) is 16.6 Å². The van der Waals surface area contributed by atoms with E-state index in [4.69, 9.17) is 9.47 Å². The second-order valence-corrected chi connectivity index (χ2v) is 5.96. The molecule has 1 saturated heterocycles. The van der Waals surface area contributed by atoms with Crippen molar-refractivity contribution in [1.29, 1.82) is 0 Å². The Kier molecular flexibility index (Phi) is 3.24. The predicted octanol–water partition coefficient (Wildman–Crippen LogP) is 3.03. The van der Waals surface area contributed by atoms with E-state index in [9.17, 15) is 0 Å². The van der Waals surface area contributed by atoms with Gasteiger partial charge in [0.15, 0.2) is 11.5 Å². The van der Waals surface area contributed by atoms with Crippen molar-refractivity contribution >= 4 is 15.9 Å². The van der Waals surface area contributed by atoms with Crippen molar-refractivity contribution in [2.45, 2.75) is 24.8 Å². The second kappa shape index (κ2) is 4.74. The first-order valence-corrected chi connectivity index (χ1v) is 7.21. The summed E-state index contributed by atoms with van der Waals surface area (Å²) < 4.78 is 12.4. The van der Waals surface area contributed by atoms with Gasteiger partial charge < -0.3 is 9.47 Å². The van der Waals surface area contributed by atoms with Gasteiger partial charge in [0.1, 0.15) is 6.61 Å². The Hall–Kier alpha value is -0.740. The zero-order valence-electron chi connectivity index (χ0n) is 10.8. The average Bonchev–Trinajstić information content (AvgIpc) is 2.38. The summed E-state index contributed by atoms with van der Waals surface area (Å²) in [5, 5.41) is 0. The minimum Gasteiger partial charge on any atom is -0.492 e. The summed E-state index contributed by atoms with van der Waals surface area (Å²) in [6.07, 6.45) is 2.51. The number of hydrogen-bond donors (Lipinski definition) is 0. The molecule has 0 amide bonds. The maximum absolute atomic E-state index is 5.97. The molecule has 0 saturated carbocycles. The monoisotopic (exact) mass is 311 g/mol. The summed E-state index contributed by atoms with van der Waals surface area (Å²) in [5.74, 6) is 2.34. The van der Waals surface area contributed by atoms with E-state index in [-0.39, 0.29) is 0 Å². The van der Waals surface area contributed by atoms with Gasteiger partial charge in [0.2, 0.25) is 0 Å². The Morgan fingerprint density at radius 3 is 3.06 bits per heavy atom. The van der Waals surface area contributed by atoms with Gasteiger partial charge in [0, 0.05) is 11.5 Å². The fourth-order valence-corrected chi connectivity index (χ4v) is 3.66. The van der Waals surface area contributed by atoms with Crippen molar-refractivity contribution in [3.05, 3.63) is 22.2 Å². The SMILES string of the molecule is COc1c(Br)ccc2c1OC[C@H]1[C@H]2CCCN1C. The molecule has 2 heterocycles. The summed E-state index contributed by atoms with van der Waals surface area (Å²) in [7, 11) is 3.89. The average molecular weight is 312 g/mol. The summed E-state index contributed by atoms with van der Waals surface area (Å²) >= 11 is 3.52. The van der Waals surface area contributed by atoms with E-state index in [2.05, 4.69) is 40.0 Å². The highest BCUT2D eigenvalue weighted by Gasteiger charge is 2.37. The van der Waals surface area contributed by atoms with E-state index < -0.39 is 0 Å². The van der Waals surface area contributed by atoms with Crippen molar-refractivity contribution in [2.75, 3.05) is 27.3 Å². The topological polar surface area (TPSA) is 21.7 Å². The molecule has 1 aromatic rings. The van der Waals surface area contributed by atoms with Crippen molar-refractivity contribution in [3.8, 4) is 11.5 Å². The number of rotatable bonds is 1. The maximum Gasteiger partial charge on any atom is 0.175 e. The zero-order chi connectivity index (χ0) is 12.7. The predicted molar refractivity (Wildman–Crippen MR) is 74.6 cm³/mol. The third-order valence-electron chi connectivity index (χ3n) is 4.15. The molecule has 1 aromatic carbocycles. The van der Waals surface area contributed by atoms with Crippen LogP contribution in [0.3, 0.4) is 0 Å². The number of methoxy groups -OCH3 is 1. The van der Waals surface area contributed by atoms with E-state index in [1.165, 1.54) is 24.9 Å². The third kappa shape index (κ3) is 1.82. The van der Waals surface area contributed by atoms with Gasteiger partial charge in [0.05, 0.1) is 17.6 Å². The standard InChI is InChI=1S/C14H18BrNO2/c1-16-7-3-4-9-10-5-6-11(15)14(17-2)13(10)18-8-12(9)16/h5-6,9,12H,3-4,7-8H2,1-2H3/t9-,12-/m0/s1. The number of nitrogens with zero attached hydrogens (tertiary/aromatic N) is 1. The van der Waals surface area contributed by atoms with Gasteiger partial charge in [0.25, 0.3) is 0 Å². The molecule has 0 N–H and O–H groups in total. The van der Waals surface area contributed by atoms with Gasteiger partial charge in [-0.15, -0.1) is 0 Å². The lowest BCUT2D eigenvalue weighted by Crippen LogP contribution is -2.47. The first-order chi connectivity index (χ1) is 8.72. The fraction of sp³-hybridized carbons (Fsp3) is 0.571. The molecule has 3 nitrogen and oxygen atoms in total. The number of halogens is 1. The molecule has 2 aliphatic rings. The van der Waals surface area contributed by atoms with Crippen molar-refractivity contribution < 1.29 is 9.47 Å². The molecule has 3 rings (SSSR count). The highest BCUT2D eigenvalue weighted by Crippen LogP contribution is 2.47. The molecule has 0 radical (unpaired) electrons. The lowest BCUT2D eigenvalue weighted by atomic mass is 9.82. The fourth-order valence-electron chi connectivity index (χ4n) is 3.19. The highest BCUT2D eigenvalue weighted by atomic mass is 79.9. The van der Waals surface area contributed by atoms with Crippen LogP contribution in [0.1, 0.15) is 24.3 Å². The van der Waals surface area contributed by atoms with Crippen LogP contribution in [0.4, 0.5) is 0 Å². The first-order valence-electron chi connectivity index (χ1n) is 6.41. The molecular formula is C14H18BrNO2. The van der Waals surface area contributed by atoms with Crippen molar-refractivity contribution in [2.24, 2.45) is 0 Å². The molecule has 2 atom stereocenters. The Balaban J connectivity index is 2.05. The molecule has 0 unspecified atom stereocenters. The van der Waals surface area contributed by atoms with Crippen LogP contribution in [0.25, 0.3) is 0 Å². The third-order valence-corrected chi connectivity index (χ3v) is 4.78. The number of ether oxygens (including phenoxy) is 2. The second-order valence-electron chi connectivity index (χ2n) is 5.11. The minimum atomic E-state index is 0.511. The van der Waals surface area contributed by atoms with E-state index >= 15 is 0 Å². The molecule has 4 heteroatoms. The van der Waals surface area contributed by atoms with E-state index in [1.54, 1.807) is 7.11 Å². The number of fused-ring (bicyclic) bond motifs is 3. The summed E-state index contributed by atoms with van der Waals surface area (Å²) in [4.78, 5) is 2.42. The largest absolute Gasteiger partial charge is 0.492 e. The van der Waals surface area contributed by atoms with Crippen molar-refractivity contribution in [1.82, 2.24) is 4.90 Å². The van der Waals surface area contributed by atoms with E-state index in [0.717, 1.165) is 22.6 Å². The number of likely N-dealkylation sites (tertiary alicyclic amines) is 1. The summed E-state index contributed by atoms with van der Waals surface area (Å²) in [6, 6.07) is 4.76. The van der Waals surface area contributed by atoms with E-state index in [1.807, 2.05) is 0 Å². The molecule has 0 aliphatic carbocycles. The molecule has 0 aromatic heterocycles. The minimum absolute atomic E-state index is 0.511. The van der Waals surface area contributed by atoms with Gasteiger partial charge in [-0.3, -0.25) is 4.90 Å². The smallest absolute Gasteiger partial charge is 0.175 e. The Morgan fingerprint density at radius 2 is 2.28 bits per heavy atom. The van der Waals surface area contributed by atoms with Gasteiger partial charge in [-0.2, -0.15) is 0 Å². The number of likely N-dealkylation sites (N-methyl/N-ethyl adjacent to an activating group) is 1. The number of hydrogen-bond acceptors (Lipinski definition) is 3. The first kappa shape index (κ1) is 12.3. The number of piperidine rings is 1. The lowest BCUT2D eigenvalue weighted by Gasteiger charge is -2.43. The molecule has 98 valence electrons. The van der Waals surface area contributed by atoms with Crippen LogP contribution in [-0.2, 0) is 0 Å². The molecule has 2 aliphatic heterocycles. The van der Waals surface area contributed by atoms with Gasteiger partial charge in [-0.1, -0.05) is 6.07 Å². The number of benzene rings is 1. The maximum atomic E-state index is 5.97.